The maximum absolute atomic E-state index is 13.4. The third kappa shape index (κ3) is 5.18. The van der Waals surface area contributed by atoms with Crippen molar-refractivity contribution < 1.29 is 18.4 Å². The summed E-state index contributed by atoms with van der Waals surface area (Å²) in [5, 5.41) is 5.12. The Labute approximate surface area is 132 Å². The largest absolute Gasteiger partial charge is 0.354 e. The van der Waals surface area contributed by atoms with Gasteiger partial charge in [-0.2, -0.15) is 0 Å². The van der Waals surface area contributed by atoms with Gasteiger partial charge in [-0.25, -0.2) is 8.78 Å². The molecule has 4 nitrogen and oxygen atoms in total. The standard InChI is InChI=1S/C17H16F2N2O2/c18-13-6-7-14(15(19)11-13)17(23)21-9-8-20-16(22)10-12-4-2-1-3-5-12/h1-7,11H,8-10H2,(H,20,22)(H,21,23). The van der Waals surface area contributed by atoms with E-state index in [4.69, 9.17) is 0 Å². The van der Waals surface area contributed by atoms with Crippen LogP contribution < -0.4 is 10.6 Å². The van der Waals surface area contributed by atoms with Crippen LogP contribution in [-0.2, 0) is 11.2 Å². The zero-order chi connectivity index (χ0) is 16.7. The molecule has 2 rings (SSSR count). The molecule has 0 bridgehead atoms. The van der Waals surface area contributed by atoms with Crippen LogP contribution in [0.5, 0.6) is 0 Å². The van der Waals surface area contributed by atoms with Crippen molar-refractivity contribution in [2.75, 3.05) is 13.1 Å². The van der Waals surface area contributed by atoms with E-state index in [1.54, 1.807) is 0 Å². The molecule has 0 saturated carbocycles. The van der Waals surface area contributed by atoms with Crippen molar-refractivity contribution in [3.8, 4) is 0 Å². The van der Waals surface area contributed by atoms with Crippen LogP contribution in [0.2, 0.25) is 0 Å². The Balaban J connectivity index is 1.72. The Morgan fingerprint density at radius 3 is 2.30 bits per heavy atom. The number of hydrogen-bond acceptors (Lipinski definition) is 2. The Kier molecular flexibility index (Phi) is 5.80. The molecule has 0 heterocycles. The molecule has 2 aromatic rings. The Hall–Kier alpha value is -2.76. The minimum Gasteiger partial charge on any atom is -0.354 e. The summed E-state index contributed by atoms with van der Waals surface area (Å²) in [6.07, 6.45) is 0.251. The van der Waals surface area contributed by atoms with E-state index >= 15 is 0 Å². The predicted molar refractivity (Wildman–Crippen MR) is 81.8 cm³/mol. The van der Waals surface area contributed by atoms with Crippen LogP contribution in [0.25, 0.3) is 0 Å². The van der Waals surface area contributed by atoms with Gasteiger partial charge in [0.05, 0.1) is 12.0 Å². The minimum atomic E-state index is -0.921. The zero-order valence-corrected chi connectivity index (χ0v) is 12.3. The lowest BCUT2D eigenvalue weighted by molar-refractivity contribution is -0.120. The molecule has 0 aliphatic carbocycles. The smallest absolute Gasteiger partial charge is 0.254 e. The first-order chi connectivity index (χ1) is 11.1. The van der Waals surface area contributed by atoms with E-state index in [1.807, 2.05) is 30.3 Å². The average Bonchev–Trinajstić information content (AvgIpc) is 2.52. The van der Waals surface area contributed by atoms with Gasteiger partial charge in [-0.05, 0) is 17.7 Å². The fourth-order valence-corrected chi connectivity index (χ4v) is 1.99. The van der Waals surface area contributed by atoms with Crippen molar-refractivity contribution in [2.45, 2.75) is 6.42 Å². The monoisotopic (exact) mass is 318 g/mol. The fraction of sp³-hybridized carbons (Fsp3) is 0.176. The molecule has 0 aliphatic rings. The first kappa shape index (κ1) is 16.6. The van der Waals surface area contributed by atoms with Crippen LogP contribution in [0, 0.1) is 11.6 Å². The Morgan fingerprint density at radius 1 is 0.913 bits per heavy atom. The molecule has 23 heavy (non-hydrogen) atoms. The summed E-state index contributed by atoms with van der Waals surface area (Å²) in [5.74, 6) is -2.49. The number of carbonyl (C=O) groups is 2. The third-order valence-corrected chi connectivity index (χ3v) is 3.12. The van der Waals surface area contributed by atoms with Crippen molar-refractivity contribution in [1.82, 2.24) is 10.6 Å². The Bertz CT molecular complexity index is 690. The number of rotatable bonds is 6. The van der Waals surface area contributed by atoms with Gasteiger partial charge in [-0.3, -0.25) is 9.59 Å². The van der Waals surface area contributed by atoms with E-state index in [0.717, 1.165) is 17.7 Å². The lowest BCUT2D eigenvalue weighted by Gasteiger charge is -2.08. The van der Waals surface area contributed by atoms with Gasteiger partial charge in [0.2, 0.25) is 5.91 Å². The molecule has 0 unspecified atom stereocenters. The maximum Gasteiger partial charge on any atom is 0.254 e. The molecule has 2 amide bonds. The first-order valence-electron chi connectivity index (χ1n) is 7.10. The molecule has 6 heteroatoms. The SMILES string of the molecule is O=C(Cc1ccccc1)NCCNC(=O)c1ccc(F)cc1F. The van der Waals surface area contributed by atoms with Gasteiger partial charge in [-0.1, -0.05) is 30.3 Å². The molecule has 0 atom stereocenters. The van der Waals surface area contributed by atoms with E-state index in [-0.39, 0.29) is 31.0 Å². The lowest BCUT2D eigenvalue weighted by atomic mass is 10.1. The van der Waals surface area contributed by atoms with Gasteiger partial charge in [0.25, 0.3) is 5.91 Å². The summed E-state index contributed by atoms with van der Waals surface area (Å²) >= 11 is 0. The van der Waals surface area contributed by atoms with Gasteiger partial charge >= 0.3 is 0 Å². The van der Waals surface area contributed by atoms with Crippen molar-refractivity contribution in [2.24, 2.45) is 0 Å². The number of nitrogens with one attached hydrogen (secondary N) is 2. The predicted octanol–water partition coefficient (Wildman–Crippen LogP) is 2.05. The highest BCUT2D eigenvalue weighted by molar-refractivity contribution is 5.94. The summed E-state index contributed by atoms with van der Waals surface area (Å²) < 4.78 is 26.2. The summed E-state index contributed by atoms with van der Waals surface area (Å²) in [6.45, 7) is 0.371. The summed E-state index contributed by atoms with van der Waals surface area (Å²) in [7, 11) is 0. The number of carbonyl (C=O) groups excluding carboxylic acids is 2. The first-order valence-corrected chi connectivity index (χ1v) is 7.10. The van der Waals surface area contributed by atoms with Crippen LogP contribution in [0.4, 0.5) is 8.78 Å². The average molecular weight is 318 g/mol. The van der Waals surface area contributed by atoms with E-state index < -0.39 is 17.5 Å². The third-order valence-electron chi connectivity index (χ3n) is 3.12. The molecular formula is C17H16F2N2O2. The van der Waals surface area contributed by atoms with Crippen molar-refractivity contribution in [3.63, 3.8) is 0 Å². The van der Waals surface area contributed by atoms with E-state index in [9.17, 15) is 18.4 Å². The summed E-state index contributed by atoms with van der Waals surface area (Å²) in [5.41, 5.74) is 0.657. The number of benzene rings is 2. The highest BCUT2D eigenvalue weighted by Crippen LogP contribution is 2.09. The molecule has 0 radical (unpaired) electrons. The molecule has 2 N–H and O–H groups in total. The maximum atomic E-state index is 13.4. The van der Waals surface area contributed by atoms with E-state index in [0.29, 0.717) is 6.07 Å². The lowest BCUT2D eigenvalue weighted by Crippen LogP contribution is -2.35. The minimum absolute atomic E-state index is 0.149. The van der Waals surface area contributed by atoms with Gasteiger partial charge in [0, 0.05) is 19.2 Å². The van der Waals surface area contributed by atoms with Gasteiger partial charge in [-0.15, -0.1) is 0 Å². The fourth-order valence-electron chi connectivity index (χ4n) is 1.99. The van der Waals surface area contributed by atoms with Crippen molar-refractivity contribution >= 4 is 11.8 Å². The normalized spacial score (nSPS) is 10.2. The van der Waals surface area contributed by atoms with Crippen LogP contribution in [0.15, 0.2) is 48.5 Å². The van der Waals surface area contributed by atoms with Gasteiger partial charge in [0.1, 0.15) is 11.6 Å². The molecule has 0 aromatic heterocycles. The number of hydrogen-bond donors (Lipinski definition) is 2. The molecule has 0 saturated heterocycles. The van der Waals surface area contributed by atoms with Crippen LogP contribution >= 0.6 is 0 Å². The second-order valence-corrected chi connectivity index (χ2v) is 4.89. The zero-order valence-electron chi connectivity index (χ0n) is 12.3. The second-order valence-electron chi connectivity index (χ2n) is 4.89. The van der Waals surface area contributed by atoms with E-state index in [2.05, 4.69) is 10.6 Å². The van der Waals surface area contributed by atoms with Crippen molar-refractivity contribution in [3.05, 3.63) is 71.3 Å². The van der Waals surface area contributed by atoms with Crippen LogP contribution in [-0.4, -0.2) is 24.9 Å². The topological polar surface area (TPSA) is 58.2 Å². The van der Waals surface area contributed by atoms with Gasteiger partial charge < -0.3 is 10.6 Å². The van der Waals surface area contributed by atoms with E-state index in [1.165, 1.54) is 0 Å². The second kappa shape index (κ2) is 8.03. The highest BCUT2D eigenvalue weighted by atomic mass is 19.1. The highest BCUT2D eigenvalue weighted by Gasteiger charge is 2.11. The molecule has 2 aromatic carbocycles. The number of amides is 2. The molecule has 0 fully saturated rings. The summed E-state index contributed by atoms with van der Waals surface area (Å²) in [6, 6.07) is 12.0. The quantitative estimate of drug-likeness (QED) is 0.801. The summed E-state index contributed by atoms with van der Waals surface area (Å²) in [4.78, 5) is 23.4. The molecule has 0 aliphatic heterocycles. The number of halogens is 2. The Morgan fingerprint density at radius 2 is 1.61 bits per heavy atom. The van der Waals surface area contributed by atoms with Crippen molar-refractivity contribution in [1.29, 1.82) is 0 Å². The van der Waals surface area contributed by atoms with Crippen LogP contribution in [0.1, 0.15) is 15.9 Å². The molecule has 0 spiro atoms. The molecular weight excluding hydrogens is 302 g/mol. The molecule has 120 valence electrons. The van der Waals surface area contributed by atoms with Gasteiger partial charge in [0.15, 0.2) is 0 Å². The van der Waals surface area contributed by atoms with Crippen LogP contribution in [0.3, 0.4) is 0 Å².